The number of ether oxygens (including phenoxy) is 1. The molecule has 0 aliphatic heterocycles. The smallest absolute Gasteiger partial charge is 0.331 e. The van der Waals surface area contributed by atoms with Crippen LogP contribution in [0.15, 0.2) is 29.3 Å². The molecule has 0 fully saturated rings. The van der Waals surface area contributed by atoms with Crippen molar-refractivity contribution in [1.29, 1.82) is 0 Å². The van der Waals surface area contributed by atoms with Crippen LogP contribution in [-0.2, 0) is 15.1 Å². The Kier molecular flexibility index (Phi) is 3.46. The molecule has 2 aromatic rings. The monoisotopic (exact) mass is 291 g/mol. The molecule has 0 N–H and O–H groups in total. The molecule has 110 valence electrons. The van der Waals surface area contributed by atoms with Crippen LogP contribution in [0.25, 0.3) is 10.9 Å². The topological polar surface area (TPSA) is 104 Å². The molecular formula is C13H13N3O5. The first kappa shape index (κ1) is 14.6. The highest BCUT2D eigenvalue weighted by molar-refractivity contribution is 5.81. The van der Waals surface area contributed by atoms with Gasteiger partial charge in [-0.3, -0.25) is 19.5 Å². The molecule has 0 amide bonds. The van der Waals surface area contributed by atoms with Crippen molar-refractivity contribution in [3.05, 3.63) is 45.0 Å². The zero-order valence-corrected chi connectivity index (χ0v) is 11.7. The van der Waals surface area contributed by atoms with Gasteiger partial charge in [0, 0.05) is 12.1 Å². The fourth-order valence-corrected chi connectivity index (χ4v) is 1.97. The van der Waals surface area contributed by atoms with Gasteiger partial charge in [-0.2, -0.15) is 0 Å². The summed E-state index contributed by atoms with van der Waals surface area (Å²) < 4.78 is 5.77. The van der Waals surface area contributed by atoms with E-state index in [-0.39, 0.29) is 11.1 Å². The number of non-ortho nitro benzene ring substituents is 1. The number of hydrogen-bond acceptors (Lipinski definition) is 6. The third-order valence-electron chi connectivity index (χ3n) is 3.24. The first-order chi connectivity index (χ1) is 9.78. The Labute approximate surface area is 119 Å². The largest absolute Gasteiger partial charge is 0.467 e. The van der Waals surface area contributed by atoms with Gasteiger partial charge < -0.3 is 4.74 Å². The molecule has 2 rings (SSSR count). The molecule has 1 heterocycles. The minimum atomic E-state index is -1.27. The number of benzene rings is 1. The van der Waals surface area contributed by atoms with Crippen LogP contribution in [0.3, 0.4) is 0 Å². The summed E-state index contributed by atoms with van der Waals surface area (Å²) in [5.74, 6) is -0.615. The van der Waals surface area contributed by atoms with Crippen molar-refractivity contribution in [2.75, 3.05) is 7.11 Å². The molecule has 0 saturated carbocycles. The van der Waals surface area contributed by atoms with Gasteiger partial charge in [0.1, 0.15) is 5.54 Å². The van der Waals surface area contributed by atoms with Crippen molar-refractivity contribution < 1.29 is 14.5 Å². The van der Waals surface area contributed by atoms with E-state index in [0.717, 1.165) is 10.6 Å². The van der Waals surface area contributed by atoms with Gasteiger partial charge in [-0.1, -0.05) is 0 Å². The summed E-state index contributed by atoms with van der Waals surface area (Å²) in [6.07, 6.45) is 1.23. The zero-order chi connectivity index (χ0) is 15.8. The molecule has 1 aromatic heterocycles. The van der Waals surface area contributed by atoms with Crippen molar-refractivity contribution in [2.24, 2.45) is 0 Å². The number of hydrogen-bond donors (Lipinski definition) is 0. The first-order valence-electron chi connectivity index (χ1n) is 6.03. The molecule has 0 atom stereocenters. The number of methoxy groups -OCH3 is 1. The van der Waals surface area contributed by atoms with E-state index in [9.17, 15) is 19.7 Å². The van der Waals surface area contributed by atoms with E-state index < -0.39 is 22.0 Å². The number of aromatic nitrogens is 2. The second-order valence-electron chi connectivity index (χ2n) is 4.93. The maximum Gasteiger partial charge on any atom is 0.331 e. The predicted molar refractivity (Wildman–Crippen MR) is 74.0 cm³/mol. The van der Waals surface area contributed by atoms with Crippen LogP contribution in [0, 0.1) is 10.1 Å². The van der Waals surface area contributed by atoms with Crippen LogP contribution in [0.4, 0.5) is 5.69 Å². The molecule has 0 saturated heterocycles. The van der Waals surface area contributed by atoms with E-state index in [0.29, 0.717) is 5.52 Å². The van der Waals surface area contributed by atoms with E-state index in [1.54, 1.807) is 0 Å². The van der Waals surface area contributed by atoms with Gasteiger partial charge >= 0.3 is 5.97 Å². The average Bonchev–Trinajstić information content (AvgIpc) is 2.46. The fraction of sp³-hybridized carbons (Fsp3) is 0.308. The SMILES string of the molecule is COC(=O)C(C)(C)n1cnc2ccc([N+](=O)[O-])cc2c1=O. The highest BCUT2D eigenvalue weighted by atomic mass is 16.6. The molecule has 0 unspecified atom stereocenters. The molecule has 21 heavy (non-hydrogen) atoms. The van der Waals surface area contributed by atoms with Gasteiger partial charge in [0.25, 0.3) is 11.2 Å². The Morgan fingerprint density at radius 3 is 2.67 bits per heavy atom. The lowest BCUT2D eigenvalue weighted by Crippen LogP contribution is -2.43. The number of rotatable bonds is 3. The van der Waals surface area contributed by atoms with Gasteiger partial charge in [0.15, 0.2) is 0 Å². The molecule has 0 radical (unpaired) electrons. The second kappa shape index (κ2) is 4.97. The van der Waals surface area contributed by atoms with E-state index in [2.05, 4.69) is 9.72 Å². The number of nitrogens with zero attached hydrogens (tertiary/aromatic N) is 3. The Balaban J connectivity index is 2.74. The Morgan fingerprint density at radius 2 is 2.10 bits per heavy atom. The first-order valence-corrected chi connectivity index (χ1v) is 6.03. The van der Waals surface area contributed by atoms with Gasteiger partial charge in [-0.15, -0.1) is 0 Å². The average molecular weight is 291 g/mol. The van der Waals surface area contributed by atoms with Gasteiger partial charge in [-0.25, -0.2) is 9.78 Å². The minimum absolute atomic E-state index is 0.0729. The molecular weight excluding hydrogens is 278 g/mol. The molecule has 1 aromatic carbocycles. The Hall–Kier alpha value is -2.77. The Morgan fingerprint density at radius 1 is 1.43 bits per heavy atom. The summed E-state index contributed by atoms with van der Waals surface area (Å²) in [5.41, 5.74) is -1.70. The van der Waals surface area contributed by atoms with Crippen molar-refractivity contribution in [3.63, 3.8) is 0 Å². The van der Waals surface area contributed by atoms with Crippen molar-refractivity contribution in [2.45, 2.75) is 19.4 Å². The lowest BCUT2D eigenvalue weighted by molar-refractivity contribution is -0.384. The molecule has 0 spiro atoms. The van der Waals surface area contributed by atoms with Crippen molar-refractivity contribution >= 4 is 22.6 Å². The summed E-state index contributed by atoms with van der Waals surface area (Å²) in [5, 5.41) is 10.9. The third-order valence-corrected chi connectivity index (χ3v) is 3.24. The van der Waals surface area contributed by atoms with Gasteiger partial charge in [0.05, 0.1) is 29.3 Å². The number of nitro groups is 1. The molecule has 8 heteroatoms. The summed E-state index contributed by atoms with van der Waals surface area (Å²) >= 11 is 0. The second-order valence-corrected chi connectivity index (χ2v) is 4.93. The molecule has 0 aliphatic rings. The molecule has 0 aliphatic carbocycles. The summed E-state index contributed by atoms with van der Waals surface area (Å²) in [7, 11) is 1.22. The molecule has 0 bridgehead atoms. The quantitative estimate of drug-likeness (QED) is 0.478. The summed E-state index contributed by atoms with van der Waals surface area (Å²) in [4.78, 5) is 38.5. The van der Waals surface area contributed by atoms with Gasteiger partial charge in [0.2, 0.25) is 0 Å². The van der Waals surface area contributed by atoms with Crippen LogP contribution >= 0.6 is 0 Å². The Bertz CT molecular complexity index is 794. The van der Waals surface area contributed by atoms with Crippen molar-refractivity contribution in [1.82, 2.24) is 9.55 Å². The lowest BCUT2D eigenvalue weighted by Gasteiger charge is -2.24. The van der Waals surface area contributed by atoms with Crippen molar-refractivity contribution in [3.8, 4) is 0 Å². The highest BCUT2D eigenvalue weighted by Gasteiger charge is 2.32. The standard InChI is InChI=1S/C13H13N3O5/c1-13(2,12(18)21-3)15-7-14-10-5-4-8(16(19)20)6-9(10)11(15)17/h4-7H,1-3H3. The van der Waals surface area contributed by atoms with Crippen LogP contribution < -0.4 is 5.56 Å². The number of esters is 1. The fourth-order valence-electron chi connectivity index (χ4n) is 1.97. The minimum Gasteiger partial charge on any atom is -0.467 e. The van der Waals surface area contributed by atoms with Crippen LogP contribution in [-0.4, -0.2) is 27.6 Å². The van der Waals surface area contributed by atoms with E-state index in [1.165, 1.54) is 39.4 Å². The lowest BCUT2D eigenvalue weighted by atomic mass is 10.1. The predicted octanol–water partition coefficient (Wildman–Crippen LogP) is 1.21. The van der Waals surface area contributed by atoms with Crippen LogP contribution in [0.5, 0.6) is 0 Å². The number of fused-ring (bicyclic) bond motifs is 1. The van der Waals surface area contributed by atoms with E-state index in [4.69, 9.17) is 0 Å². The van der Waals surface area contributed by atoms with E-state index >= 15 is 0 Å². The zero-order valence-electron chi connectivity index (χ0n) is 11.7. The maximum absolute atomic E-state index is 12.5. The van der Waals surface area contributed by atoms with Gasteiger partial charge in [-0.05, 0) is 19.9 Å². The van der Waals surface area contributed by atoms with Crippen LogP contribution in [0.2, 0.25) is 0 Å². The maximum atomic E-state index is 12.5. The normalized spacial score (nSPS) is 11.4. The van der Waals surface area contributed by atoms with Crippen LogP contribution in [0.1, 0.15) is 13.8 Å². The van der Waals surface area contributed by atoms with E-state index in [1.807, 2.05) is 0 Å². The number of carbonyl (C=O) groups excluding carboxylic acids is 1. The molecule has 8 nitrogen and oxygen atoms in total. The third kappa shape index (κ3) is 2.35. The number of carbonyl (C=O) groups is 1. The summed E-state index contributed by atoms with van der Waals surface area (Å²) in [6.45, 7) is 3.01. The summed E-state index contributed by atoms with van der Waals surface area (Å²) in [6, 6.07) is 3.81. The number of nitro benzene ring substituents is 1. The highest BCUT2D eigenvalue weighted by Crippen LogP contribution is 2.19.